The first-order chi connectivity index (χ1) is 8.56. The molecule has 1 nitrogen and oxygen atoms in total. The molecule has 18 heavy (non-hydrogen) atoms. The average Bonchev–Trinajstić information content (AvgIpc) is 2.38. The molecule has 1 N–H and O–H groups in total. The summed E-state index contributed by atoms with van der Waals surface area (Å²) in [6.07, 6.45) is 2.45. The highest BCUT2D eigenvalue weighted by molar-refractivity contribution is 6.33. The van der Waals surface area contributed by atoms with Crippen molar-refractivity contribution >= 4 is 21.1 Å². The van der Waals surface area contributed by atoms with Gasteiger partial charge < -0.3 is 5.32 Å². The van der Waals surface area contributed by atoms with Crippen LogP contribution in [0.2, 0.25) is 0 Å². The molecule has 0 bridgehead atoms. The van der Waals surface area contributed by atoms with Crippen molar-refractivity contribution in [3.05, 3.63) is 23.3 Å². The largest absolute Gasteiger partial charge is 0.385 e. The van der Waals surface area contributed by atoms with E-state index in [9.17, 15) is 0 Å². The maximum Gasteiger partial charge on any atom is 0.0388 e. The normalized spacial score (nSPS) is 14.5. The van der Waals surface area contributed by atoms with Crippen LogP contribution in [0.25, 0.3) is 0 Å². The lowest BCUT2D eigenvalue weighted by atomic mass is 9.85. The van der Waals surface area contributed by atoms with Crippen LogP contribution in [0.3, 0.4) is 0 Å². The Morgan fingerprint density at radius 1 is 1.00 bits per heavy atom. The maximum absolute atomic E-state index is 3.55. The molecule has 0 saturated heterocycles. The van der Waals surface area contributed by atoms with Gasteiger partial charge in [-0.2, -0.15) is 0 Å². The lowest BCUT2D eigenvalue weighted by Gasteiger charge is -2.25. The van der Waals surface area contributed by atoms with Crippen LogP contribution < -0.4 is 10.5 Å². The average molecular weight is 264 g/mol. The molecule has 0 fully saturated rings. The Kier molecular flexibility index (Phi) is 5.93. The van der Waals surface area contributed by atoms with Gasteiger partial charge in [0, 0.05) is 22.5 Å². The van der Waals surface area contributed by atoms with E-state index in [1.165, 1.54) is 18.5 Å². The van der Waals surface area contributed by atoms with Gasteiger partial charge in [0.2, 0.25) is 0 Å². The molecule has 2 heteroatoms. The van der Waals surface area contributed by atoms with Crippen molar-refractivity contribution in [3.8, 4) is 0 Å². The summed E-state index contributed by atoms with van der Waals surface area (Å²) >= 11 is 0. The summed E-state index contributed by atoms with van der Waals surface area (Å²) in [5.41, 5.74) is 4.58. The first-order valence-corrected chi connectivity index (χ1v) is 8.43. The Hall–Kier alpha value is -0.763. The standard InChI is InChI=1S/C16H29NSi/c1-6-11(4)15-13(17-8-3)9-10-14(18)16(15)12(5)7-2/h9-12,17H,6-8H2,1-5,18H3. The minimum absolute atomic E-state index is 0.650. The highest BCUT2D eigenvalue weighted by atomic mass is 28.1. The summed E-state index contributed by atoms with van der Waals surface area (Å²) in [7, 11) is 1.15. The molecule has 1 aromatic carbocycles. The van der Waals surface area contributed by atoms with Crippen LogP contribution in [0, 0.1) is 0 Å². The van der Waals surface area contributed by atoms with E-state index in [0.29, 0.717) is 11.8 Å². The van der Waals surface area contributed by atoms with Crippen LogP contribution >= 0.6 is 0 Å². The minimum Gasteiger partial charge on any atom is -0.385 e. The van der Waals surface area contributed by atoms with Crippen molar-refractivity contribution in [2.75, 3.05) is 11.9 Å². The summed E-state index contributed by atoms with van der Waals surface area (Å²) in [6, 6.07) is 4.62. The molecule has 2 unspecified atom stereocenters. The fourth-order valence-corrected chi connectivity index (χ4v) is 3.61. The summed E-state index contributed by atoms with van der Waals surface area (Å²) < 4.78 is 0. The first-order valence-electron chi connectivity index (χ1n) is 7.43. The third-order valence-corrected chi connectivity index (χ3v) is 4.95. The van der Waals surface area contributed by atoms with Crippen LogP contribution in [-0.4, -0.2) is 16.8 Å². The van der Waals surface area contributed by atoms with E-state index in [1.807, 2.05) is 0 Å². The van der Waals surface area contributed by atoms with Crippen molar-refractivity contribution in [1.82, 2.24) is 0 Å². The minimum atomic E-state index is 0.650. The molecule has 0 aliphatic carbocycles. The van der Waals surface area contributed by atoms with E-state index in [4.69, 9.17) is 0 Å². The molecule has 102 valence electrons. The van der Waals surface area contributed by atoms with E-state index < -0.39 is 0 Å². The Morgan fingerprint density at radius 2 is 1.56 bits per heavy atom. The molecule has 0 spiro atoms. The Labute approximate surface area is 116 Å². The van der Waals surface area contributed by atoms with E-state index in [1.54, 1.807) is 16.3 Å². The topological polar surface area (TPSA) is 12.0 Å². The molecular weight excluding hydrogens is 234 g/mol. The fourth-order valence-electron chi connectivity index (χ4n) is 2.68. The summed E-state index contributed by atoms with van der Waals surface area (Å²) in [5, 5.41) is 5.14. The number of nitrogens with one attached hydrogen (secondary N) is 1. The molecule has 1 aromatic rings. The van der Waals surface area contributed by atoms with Crippen molar-refractivity contribution < 1.29 is 0 Å². The molecule has 2 atom stereocenters. The SMILES string of the molecule is CCNc1ccc([SiH3])c(C(C)CC)c1C(C)CC. The first kappa shape index (κ1) is 15.3. The second kappa shape index (κ2) is 6.98. The molecule has 0 aliphatic heterocycles. The zero-order chi connectivity index (χ0) is 13.7. The van der Waals surface area contributed by atoms with Crippen molar-refractivity contribution in [2.45, 2.75) is 59.3 Å². The third kappa shape index (κ3) is 3.17. The van der Waals surface area contributed by atoms with E-state index >= 15 is 0 Å². The molecule has 0 radical (unpaired) electrons. The Morgan fingerprint density at radius 3 is 2.06 bits per heavy atom. The number of anilines is 1. The summed E-state index contributed by atoms with van der Waals surface area (Å²) in [4.78, 5) is 0. The fraction of sp³-hybridized carbons (Fsp3) is 0.625. The molecule has 0 saturated carbocycles. The molecule has 0 heterocycles. The van der Waals surface area contributed by atoms with Gasteiger partial charge in [-0.1, -0.05) is 38.9 Å². The zero-order valence-electron chi connectivity index (χ0n) is 12.9. The zero-order valence-corrected chi connectivity index (χ0v) is 14.9. The van der Waals surface area contributed by atoms with Gasteiger partial charge in [-0.25, -0.2) is 0 Å². The highest BCUT2D eigenvalue weighted by Crippen LogP contribution is 2.34. The van der Waals surface area contributed by atoms with Crippen molar-refractivity contribution in [1.29, 1.82) is 0 Å². The number of benzene rings is 1. The molecule has 0 aliphatic rings. The lowest BCUT2D eigenvalue weighted by molar-refractivity contribution is 0.681. The maximum atomic E-state index is 3.55. The lowest BCUT2D eigenvalue weighted by Crippen LogP contribution is -2.19. The van der Waals surface area contributed by atoms with Crippen LogP contribution in [0.5, 0.6) is 0 Å². The smallest absolute Gasteiger partial charge is 0.0388 e. The monoisotopic (exact) mass is 263 g/mol. The van der Waals surface area contributed by atoms with Crippen molar-refractivity contribution in [2.24, 2.45) is 0 Å². The van der Waals surface area contributed by atoms with Gasteiger partial charge >= 0.3 is 0 Å². The molecular formula is C16H29NSi. The summed E-state index contributed by atoms with van der Waals surface area (Å²) in [6.45, 7) is 12.5. The van der Waals surface area contributed by atoms with Gasteiger partial charge in [0.05, 0.1) is 0 Å². The van der Waals surface area contributed by atoms with Crippen LogP contribution in [0.15, 0.2) is 12.1 Å². The molecule has 0 amide bonds. The van der Waals surface area contributed by atoms with Gasteiger partial charge in [0.25, 0.3) is 0 Å². The number of rotatable bonds is 6. The van der Waals surface area contributed by atoms with Gasteiger partial charge in [-0.05, 0) is 48.8 Å². The van der Waals surface area contributed by atoms with E-state index in [-0.39, 0.29) is 0 Å². The van der Waals surface area contributed by atoms with E-state index in [2.05, 4.69) is 52.1 Å². The van der Waals surface area contributed by atoms with Gasteiger partial charge in [-0.3, -0.25) is 0 Å². The second-order valence-corrected chi connectivity index (χ2v) is 6.48. The number of hydrogen-bond donors (Lipinski definition) is 1. The van der Waals surface area contributed by atoms with Gasteiger partial charge in [-0.15, -0.1) is 0 Å². The van der Waals surface area contributed by atoms with Crippen LogP contribution in [0.4, 0.5) is 5.69 Å². The van der Waals surface area contributed by atoms with Crippen LogP contribution in [-0.2, 0) is 0 Å². The second-order valence-electron chi connectivity index (χ2n) is 5.41. The van der Waals surface area contributed by atoms with Crippen molar-refractivity contribution in [3.63, 3.8) is 0 Å². The van der Waals surface area contributed by atoms with Gasteiger partial charge in [0.1, 0.15) is 0 Å². The quantitative estimate of drug-likeness (QED) is 0.778. The Bertz CT molecular complexity index is 387. The Balaban J connectivity index is 3.39. The number of hydrogen-bond acceptors (Lipinski definition) is 1. The van der Waals surface area contributed by atoms with E-state index in [0.717, 1.165) is 16.8 Å². The predicted molar refractivity (Wildman–Crippen MR) is 87.6 cm³/mol. The predicted octanol–water partition coefficient (Wildman–Crippen LogP) is 3.14. The highest BCUT2D eigenvalue weighted by Gasteiger charge is 2.19. The molecule has 1 rings (SSSR count). The van der Waals surface area contributed by atoms with Crippen LogP contribution in [0.1, 0.15) is 70.4 Å². The summed E-state index contributed by atoms with van der Waals surface area (Å²) in [5.74, 6) is 1.33. The molecule has 0 aromatic heterocycles. The van der Waals surface area contributed by atoms with Gasteiger partial charge in [0.15, 0.2) is 0 Å². The third-order valence-electron chi connectivity index (χ3n) is 4.08.